The molecule has 4 aromatic heterocycles. The molecule has 4 heterocycles. The first-order valence-corrected chi connectivity index (χ1v) is 20.4. The van der Waals surface area contributed by atoms with Crippen molar-refractivity contribution in [3.8, 4) is 22.3 Å². The van der Waals surface area contributed by atoms with E-state index in [-0.39, 0.29) is 0 Å². The summed E-state index contributed by atoms with van der Waals surface area (Å²) in [6, 6.07) is 72.3. The molecule has 0 radical (unpaired) electrons. The number of hydrogen-bond acceptors (Lipinski definition) is 0. The lowest BCUT2D eigenvalue weighted by molar-refractivity contribution is 1.20. The van der Waals surface area contributed by atoms with E-state index in [4.69, 9.17) is 0 Å². The van der Waals surface area contributed by atoms with Gasteiger partial charge in [-0.05, 0) is 81.6 Å². The van der Waals surface area contributed by atoms with Crippen LogP contribution >= 0.6 is 0 Å². The van der Waals surface area contributed by atoms with Crippen LogP contribution in [0.1, 0.15) is 22.3 Å². The summed E-state index contributed by atoms with van der Waals surface area (Å²) in [6.45, 7) is 0. The third-order valence-electron chi connectivity index (χ3n) is 12.9. The molecule has 0 unspecified atom stereocenters. The third-order valence-corrected chi connectivity index (χ3v) is 12.9. The van der Waals surface area contributed by atoms with Gasteiger partial charge in [-0.15, -0.1) is 0 Å². The van der Waals surface area contributed by atoms with Crippen LogP contribution in [-0.2, 0) is 12.8 Å². The average molecular weight is 737 g/mol. The molecule has 13 rings (SSSR count). The van der Waals surface area contributed by atoms with Gasteiger partial charge in [0.05, 0.1) is 33.1 Å². The van der Waals surface area contributed by atoms with Crippen LogP contribution in [0.3, 0.4) is 0 Å². The van der Waals surface area contributed by atoms with Gasteiger partial charge in [-0.3, -0.25) is 0 Å². The molecule has 0 bridgehead atoms. The topological polar surface area (TPSA) is 8.82 Å². The maximum atomic E-state index is 2.56. The molecule has 0 saturated carbocycles. The van der Waals surface area contributed by atoms with Crippen molar-refractivity contribution in [3.63, 3.8) is 0 Å². The zero-order valence-electron chi connectivity index (χ0n) is 31.8. The first-order chi connectivity index (χ1) is 28.8. The molecule has 270 valence electrons. The Balaban J connectivity index is 1.18. The molecule has 2 nitrogen and oxygen atoms in total. The Bertz CT molecular complexity index is 3470. The van der Waals surface area contributed by atoms with Gasteiger partial charge in [0.25, 0.3) is 0 Å². The van der Waals surface area contributed by atoms with Crippen LogP contribution in [0, 0.1) is 0 Å². The van der Waals surface area contributed by atoms with Gasteiger partial charge in [0.15, 0.2) is 0 Å². The van der Waals surface area contributed by atoms with Crippen LogP contribution in [0.4, 0.5) is 0 Å². The molecule has 0 atom stereocenters. The standard InChI is InChI=1S/C56H36N2/c1-3-15-35(16-4-1)31-37-19-7-9-21-39(37)43-27-29-45-41-23-11-13-25-49(41)57-51-34-52-48(33-47(51)53(43)55(45)57)54-44(28-30-46-42-24-12-14-26-50(42)58(52)56(46)54)40-22-10-8-20-38(40)32-36-17-5-2-6-18-36/h1-30,33-34H,31-32H2. The maximum absolute atomic E-state index is 2.56. The Morgan fingerprint density at radius 1 is 0.276 bits per heavy atom. The molecule has 2 heteroatoms. The SMILES string of the molecule is c1ccc(Cc2ccccc2-c2ccc3c4ccccc4n4c5cc6c(cc5c2c34)c2c(-c3ccccc3Cc3ccccc3)ccc3c4ccccc4n6c32)cc1. The van der Waals surface area contributed by atoms with E-state index in [1.165, 1.54) is 121 Å². The van der Waals surface area contributed by atoms with Gasteiger partial charge in [0.1, 0.15) is 0 Å². The number of nitrogens with zero attached hydrogens (tertiary/aromatic N) is 2. The van der Waals surface area contributed by atoms with E-state index in [0.29, 0.717) is 0 Å². The van der Waals surface area contributed by atoms with Gasteiger partial charge in [0.2, 0.25) is 0 Å². The van der Waals surface area contributed by atoms with Crippen molar-refractivity contribution in [2.24, 2.45) is 0 Å². The zero-order chi connectivity index (χ0) is 37.9. The lowest BCUT2D eigenvalue weighted by Gasteiger charge is -2.13. The summed E-state index contributed by atoms with van der Waals surface area (Å²) in [5.41, 5.74) is 18.1. The van der Waals surface area contributed by atoms with Crippen LogP contribution in [0.5, 0.6) is 0 Å². The Morgan fingerprint density at radius 2 is 0.690 bits per heavy atom. The summed E-state index contributed by atoms with van der Waals surface area (Å²) >= 11 is 0. The Labute approximate surface area is 335 Å². The van der Waals surface area contributed by atoms with Crippen molar-refractivity contribution in [1.29, 1.82) is 0 Å². The summed E-state index contributed by atoms with van der Waals surface area (Å²) in [5, 5.41) is 10.4. The van der Waals surface area contributed by atoms with Crippen molar-refractivity contribution in [2.75, 3.05) is 0 Å². The highest BCUT2D eigenvalue weighted by atomic mass is 14.9. The van der Waals surface area contributed by atoms with Crippen molar-refractivity contribution >= 4 is 76.2 Å². The highest BCUT2D eigenvalue weighted by Crippen LogP contribution is 2.49. The molecular weight excluding hydrogens is 701 g/mol. The Kier molecular flexibility index (Phi) is 6.59. The minimum Gasteiger partial charge on any atom is -0.308 e. The van der Waals surface area contributed by atoms with Crippen molar-refractivity contribution in [2.45, 2.75) is 12.8 Å². The second-order valence-electron chi connectivity index (χ2n) is 16.0. The molecule has 9 aromatic carbocycles. The third kappa shape index (κ3) is 4.37. The van der Waals surface area contributed by atoms with E-state index < -0.39 is 0 Å². The van der Waals surface area contributed by atoms with E-state index in [0.717, 1.165) is 12.8 Å². The van der Waals surface area contributed by atoms with Crippen LogP contribution in [-0.4, -0.2) is 8.80 Å². The first kappa shape index (κ1) is 31.7. The van der Waals surface area contributed by atoms with E-state index in [2.05, 4.69) is 203 Å². The van der Waals surface area contributed by atoms with Crippen molar-refractivity contribution in [3.05, 3.63) is 216 Å². The summed E-state index contributed by atoms with van der Waals surface area (Å²) in [7, 11) is 0. The molecule has 0 aliphatic heterocycles. The maximum Gasteiger partial charge on any atom is 0.0626 e. The molecule has 0 aliphatic rings. The van der Waals surface area contributed by atoms with Crippen LogP contribution in [0.25, 0.3) is 98.4 Å². The number of benzene rings is 9. The number of rotatable bonds is 6. The molecule has 0 fully saturated rings. The van der Waals surface area contributed by atoms with E-state index in [1.54, 1.807) is 0 Å². The fraction of sp³-hybridized carbons (Fsp3) is 0.0357. The van der Waals surface area contributed by atoms with Gasteiger partial charge in [-0.25, -0.2) is 0 Å². The van der Waals surface area contributed by atoms with Gasteiger partial charge >= 0.3 is 0 Å². The highest BCUT2D eigenvalue weighted by molar-refractivity contribution is 6.32. The van der Waals surface area contributed by atoms with Crippen LogP contribution in [0.15, 0.2) is 194 Å². The fourth-order valence-electron chi connectivity index (χ4n) is 10.5. The van der Waals surface area contributed by atoms with Crippen LogP contribution < -0.4 is 0 Å². The molecule has 0 saturated heterocycles. The van der Waals surface area contributed by atoms with Crippen molar-refractivity contribution < 1.29 is 0 Å². The van der Waals surface area contributed by atoms with E-state index >= 15 is 0 Å². The minimum atomic E-state index is 0.880. The molecule has 0 spiro atoms. The minimum absolute atomic E-state index is 0.880. The monoisotopic (exact) mass is 736 g/mol. The zero-order valence-corrected chi connectivity index (χ0v) is 31.8. The highest BCUT2D eigenvalue weighted by Gasteiger charge is 2.26. The van der Waals surface area contributed by atoms with E-state index in [1.807, 2.05) is 0 Å². The lowest BCUT2D eigenvalue weighted by Crippen LogP contribution is -1.93. The molecular formula is C56H36N2. The second-order valence-corrected chi connectivity index (χ2v) is 16.0. The number of aromatic nitrogens is 2. The summed E-state index contributed by atoms with van der Waals surface area (Å²) in [5.74, 6) is 0. The summed E-state index contributed by atoms with van der Waals surface area (Å²) < 4.78 is 5.11. The predicted octanol–water partition coefficient (Wildman–Crippen LogP) is 14.5. The fourth-order valence-corrected chi connectivity index (χ4v) is 10.5. The van der Waals surface area contributed by atoms with E-state index in [9.17, 15) is 0 Å². The molecule has 0 amide bonds. The summed E-state index contributed by atoms with van der Waals surface area (Å²) in [6.07, 6.45) is 1.76. The molecule has 0 aliphatic carbocycles. The van der Waals surface area contributed by atoms with Gasteiger partial charge < -0.3 is 8.80 Å². The smallest absolute Gasteiger partial charge is 0.0626 e. The lowest BCUT2D eigenvalue weighted by atomic mass is 9.90. The van der Waals surface area contributed by atoms with Gasteiger partial charge in [-0.2, -0.15) is 0 Å². The quantitative estimate of drug-likeness (QED) is 0.161. The second kappa shape index (κ2) is 12.0. The molecule has 13 aromatic rings. The van der Waals surface area contributed by atoms with Crippen molar-refractivity contribution in [1.82, 2.24) is 8.80 Å². The number of hydrogen-bond donors (Lipinski definition) is 0. The number of para-hydroxylation sites is 2. The average Bonchev–Trinajstić information content (AvgIpc) is 4.00. The summed E-state index contributed by atoms with van der Waals surface area (Å²) in [4.78, 5) is 0. The number of fused-ring (bicyclic) bond motifs is 12. The molecule has 58 heavy (non-hydrogen) atoms. The first-order valence-electron chi connectivity index (χ1n) is 20.4. The largest absolute Gasteiger partial charge is 0.308 e. The molecule has 0 N–H and O–H groups in total. The van der Waals surface area contributed by atoms with Gasteiger partial charge in [0, 0.05) is 43.1 Å². The normalized spacial score (nSPS) is 12.3. The predicted molar refractivity (Wildman–Crippen MR) is 245 cm³/mol. The van der Waals surface area contributed by atoms with Crippen LogP contribution in [0.2, 0.25) is 0 Å². The Hall–Kier alpha value is -7.42. The Morgan fingerprint density at radius 3 is 1.17 bits per heavy atom. The van der Waals surface area contributed by atoms with Gasteiger partial charge in [-0.1, -0.05) is 170 Å².